The molecule has 4 rings (SSSR count). The van der Waals surface area contributed by atoms with E-state index in [1.54, 1.807) is 0 Å². The average Bonchev–Trinajstić information content (AvgIpc) is 3.09. The number of anilines is 1. The maximum atomic E-state index is 12.6. The molecular formula is C17H21N4O3+. The number of hydrogen-bond donors (Lipinski definition) is 3. The minimum atomic E-state index is -0.538. The summed E-state index contributed by atoms with van der Waals surface area (Å²) >= 11 is 0. The molecule has 0 bridgehead atoms. The normalized spacial score (nSPS) is 33.0. The Morgan fingerprint density at radius 3 is 2.42 bits per heavy atom. The van der Waals surface area contributed by atoms with Gasteiger partial charge in [0.15, 0.2) is 6.04 Å². The lowest BCUT2D eigenvalue weighted by molar-refractivity contribution is -0.920. The number of imide groups is 1. The number of hydrogen-bond acceptors (Lipinski definition) is 4. The summed E-state index contributed by atoms with van der Waals surface area (Å²) in [6.07, 6.45) is 1.62. The number of rotatable bonds is 2. The summed E-state index contributed by atoms with van der Waals surface area (Å²) in [5.41, 5.74) is 0.498. The number of para-hydroxylation sites is 1. The summed E-state index contributed by atoms with van der Waals surface area (Å²) in [4.78, 5) is 39.2. The summed E-state index contributed by atoms with van der Waals surface area (Å²) in [6.45, 7) is 1.94. The minimum Gasteiger partial charge on any atom is -0.339 e. The molecule has 1 atom stereocenters. The predicted octanol–water partition coefficient (Wildman–Crippen LogP) is -1.59. The lowest BCUT2D eigenvalue weighted by Crippen LogP contribution is -3.18. The van der Waals surface area contributed by atoms with Crippen molar-refractivity contribution >= 4 is 23.4 Å². The highest BCUT2D eigenvalue weighted by atomic mass is 16.2. The van der Waals surface area contributed by atoms with Gasteiger partial charge in [0, 0.05) is 18.5 Å². The van der Waals surface area contributed by atoms with Crippen LogP contribution >= 0.6 is 0 Å². The van der Waals surface area contributed by atoms with Gasteiger partial charge in [-0.25, -0.2) is 0 Å². The zero-order valence-corrected chi connectivity index (χ0v) is 13.4. The van der Waals surface area contributed by atoms with Gasteiger partial charge in [-0.05, 0) is 12.1 Å². The van der Waals surface area contributed by atoms with Crippen LogP contribution in [0.1, 0.15) is 19.3 Å². The SMILES string of the molecule is O=C1C[C@@H]([NH+]2CCC3(CC2)C(=O)NCN3c2ccccc2)C(=O)N1. The number of piperidine rings is 1. The van der Waals surface area contributed by atoms with Crippen LogP contribution in [0.25, 0.3) is 0 Å². The van der Waals surface area contributed by atoms with Gasteiger partial charge in [0.2, 0.25) is 11.8 Å². The number of carbonyl (C=O) groups is 3. The summed E-state index contributed by atoms with van der Waals surface area (Å²) < 4.78 is 0. The van der Waals surface area contributed by atoms with Crippen molar-refractivity contribution in [3.8, 4) is 0 Å². The molecule has 0 aromatic heterocycles. The third-order valence-corrected chi connectivity index (χ3v) is 5.59. The standard InChI is InChI=1S/C17H20N4O3/c22-14-10-13(15(23)19-14)20-8-6-17(7-9-20)16(24)18-11-21(17)12-4-2-1-3-5-12/h1-5,13H,6-11H2,(H,18,24)(H,19,22,23)/p+1/t13-/m1/s1. The van der Waals surface area contributed by atoms with E-state index < -0.39 is 5.54 Å². The van der Waals surface area contributed by atoms with E-state index in [2.05, 4.69) is 15.5 Å². The molecule has 7 nitrogen and oxygen atoms in total. The van der Waals surface area contributed by atoms with Crippen LogP contribution in [0.4, 0.5) is 5.69 Å². The molecule has 0 unspecified atom stereocenters. The molecule has 1 aromatic rings. The van der Waals surface area contributed by atoms with Gasteiger partial charge >= 0.3 is 0 Å². The van der Waals surface area contributed by atoms with E-state index in [-0.39, 0.29) is 30.2 Å². The fourth-order valence-electron chi connectivity index (χ4n) is 4.25. The molecule has 0 saturated carbocycles. The number of quaternary nitrogens is 1. The Kier molecular flexibility index (Phi) is 3.53. The molecule has 3 saturated heterocycles. The van der Waals surface area contributed by atoms with Gasteiger partial charge in [0.05, 0.1) is 26.2 Å². The molecular weight excluding hydrogens is 308 g/mol. The zero-order chi connectivity index (χ0) is 16.7. The second kappa shape index (κ2) is 5.59. The quantitative estimate of drug-likeness (QED) is 0.572. The minimum absolute atomic E-state index is 0.0670. The highest BCUT2D eigenvalue weighted by Crippen LogP contribution is 2.33. The average molecular weight is 329 g/mol. The number of nitrogens with one attached hydrogen (secondary N) is 3. The van der Waals surface area contributed by atoms with Crippen molar-refractivity contribution in [2.45, 2.75) is 30.8 Å². The highest BCUT2D eigenvalue weighted by molar-refractivity contribution is 6.04. The van der Waals surface area contributed by atoms with E-state index in [4.69, 9.17) is 0 Å². The third-order valence-electron chi connectivity index (χ3n) is 5.59. The Labute approximate surface area is 140 Å². The van der Waals surface area contributed by atoms with Gasteiger partial charge in [-0.2, -0.15) is 0 Å². The van der Waals surface area contributed by atoms with Crippen molar-refractivity contribution in [2.24, 2.45) is 0 Å². The largest absolute Gasteiger partial charge is 0.339 e. The first-order valence-electron chi connectivity index (χ1n) is 8.39. The number of carbonyl (C=O) groups excluding carboxylic acids is 3. The predicted molar refractivity (Wildman–Crippen MR) is 86.1 cm³/mol. The Balaban J connectivity index is 1.53. The van der Waals surface area contributed by atoms with Gasteiger partial charge in [-0.1, -0.05) is 18.2 Å². The second-order valence-corrected chi connectivity index (χ2v) is 6.79. The number of likely N-dealkylation sites (tertiary alicyclic amines) is 1. The van der Waals surface area contributed by atoms with Crippen molar-refractivity contribution in [3.63, 3.8) is 0 Å². The molecule has 3 aliphatic rings. The van der Waals surface area contributed by atoms with E-state index in [0.717, 1.165) is 10.6 Å². The van der Waals surface area contributed by atoms with Crippen molar-refractivity contribution < 1.29 is 19.3 Å². The molecule has 3 fully saturated rings. The Hall–Kier alpha value is -2.41. The molecule has 1 aromatic carbocycles. The van der Waals surface area contributed by atoms with E-state index in [9.17, 15) is 14.4 Å². The molecule has 3 aliphatic heterocycles. The maximum absolute atomic E-state index is 12.6. The van der Waals surface area contributed by atoms with Crippen molar-refractivity contribution in [1.82, 2.24) is 10.6 Å². The van der Waals surface area contributed by atoms with Crippen molar-refractivity contribution in [1.29, 1.82) is 0 Å². The van der Waals surface area contributed by atoms with Gasteiger partial charge in [0.1, 0.15) is 5.54 Å². The first-order chi connectivity index (χ1) is 11.6. The first kappa shape index (κ1) is 15.1. The lowest BCUT2D eigenvalue weighted by atomic mass is 9.85. The van der Waals surface area contributed by atoms with E-state index >= 15 is 0 Å². The van der Waals surface area contributed by atoms with Crippen LogP contribution in [0, 0.1) is 0 Å². The third kappa shape index (κ3) is 2.27. The molecule has 0 radical (unpaired) electrons. The molecule has 0 aliphatic carbocycles. The first-order valence-corrected chi connectivity index (χ1v) is 8.39. The van der Waals surface area contributed by atoms with Crippen LogP contribution < -0.4 is 20.4 Å². The Morgan fingerprint density at radius 2 is 1.79 bits per heavy atom. The van der Waals surface area contributed by atoms with Crippen LogP contribution in [-0.2, 0) is 14.4 Å². The lowest BCUT2D eigenvalue weighted by Gasteiger charge is -2.42. The van der Waals surface area contributed by atoms with Crippen LogP contribution in [-0.4, -0.2) is 49.1 Å². The fourth-order valence-corrected chi connectivity index (χ4v) is 4.25. The van der Waals surface area contributed by atoms with Crippen LogP contribution in [0.2, 0.25) is 0 Å². The van der Waals surface area contributed by atoms with Gasteiger partial charge < -0.3 is 15.1 Å². The van der Waals surface area contributed by atoms with Crippen LogP contribution in [0.15, 0.2) is 30.3 Å². The Morgan fingerprint density at radius 1 is 1.08 bits per heavy atom. The van der Waals surface area contributed by atoms with E-state index in [0.29, 0.717) is 32.6 Å². The smallest absolute Gasteiger partial charge is 0.285 e. The maximum Gasteiger partial charge on any atom is 0.285 e. The molecule has 3 heterocycles. The second-order valence-electron chi connectivity index (χ2n) is 6.79. The molecule has 3 amide bonds. The van der Waals surface area contributed by atoms with Crippen molar-refractivity contribution in [2.75, 3.05) is 24.7 Å². The molecule has 24 heavy (non-hydrogen) atoms. The Bertz CT molecular complexity index is 682. The molecule has 126 valence electrons. The molecule has 7 heteroatoms. The van der Waals surface area contributed by atoms with Crippen LogP contribution in [0.5, 0.6) is 0 Å². The fraction of sp³-hybridized carbons (Fsp3) is 0.471. The summed E-state index contributed by atoms with van der Waals surface area (Å²) in [7, 11) is 0. The van der Waals surface area contributed by atoms with Crippen LogP contribution in [0.3, 0.4) is 0 Å². The summed E-state index contributed by atoms with van der Waals surface area (Å²) in [6, 6.07) is 9.64. The molecule has 1 spiro atoms. The zero-order valence-electron chi connectivity index (χ0n) is 13.4. The monoisotopic (exact) mass is 329 g/mol. The van der Waals surface area contributed by atoms with E-state index in [1.807, 2.05) is 30.3 Å². The van der Waals surface area contributed by atoms with Gasteiger partial charge in [-0.3, -0.25) is 19.7 Å². The highest BCUT2D eigenvalue weighted by Gasteiger charge is 2.53. The summed E-state index contributed by atoms with van der Waals surface area (Å²) in [5, 5.41) is 5.35. The van der Waals surface area contributed by atoms with Crippen molar-refractivity contribution in [3.05, 3.63) is 30.3 Å². The number of nitrogens with zero attached hydrogens (tertiary/aromatic N) is 1. The topological polar surface area (TPSA) is 83.0 Å². The molecule has 3 N–H and O–H groups in total. The van der Waals surface area contributed by atoms with E-state index in [1.165, 1.54) is 0 Å². The summed E-state index contributed by atoms with van der Waals surface area (Å²) in [5.74, 6) is -0.304. The van der Waals surface area contributed by atoms with Gasteiger partial charge in [-0.15, -0.1) is 0 Å². The number of amides is 3. The number of benzene rings is 1. The van der Waals surface area contributed by atoms with Gasteiger partial charge in [0.25, 0.3) is 5.91 Å².